The maximum Gasteiger partial charge on any atom is 0.242 e. The van der Waals surface area contributed by atoms with Crippen LogP contribution in [-0.2, 0) is 9.59 Å². The zero-order chi connectivity index (χ0) is 16.1. The third kappa shape index (κ3) is 3.62. The first kappa shape index (κ1) is 16.4. The van der Waals surface area contributed by atoms with Crippen LogP contribution in [0, 0.1) is 5.82 Å². The Hall–Kier alpha value is -1.95. The quantitative estimate of drug-likeness (QED) is 0.834. The number of benzene rings is 1. The number of amides is 2. The number of rotatable bonds is 6. The highest BCUT2D eigenvalue weighted by molar-refractivity contribution is 5.88. The first-order chi connectivity index (χ1) is 10.5. The van der Waals surface area contributed by atoms with Gasteiger partial charge in [0.05, 0.1) is 6.10 Å². The normalized spacial score (nSPS) is 17.4. The van der Waals surface area contributed by atoms with Gasteiger partial charge in [0.2, 0.25) is 11.8 Å². The summed E-state index contributed by atoms with van der Waals surface area (Å²) in [7, 11) is 0. The van der Waals surface area contributed by atoms with Crippen LogP contribution in [0.15, 0.2) is 24.3 Å². The van der Waals surface area contributed by atoms with Crippen molar-refractivity contribution in [2.45, 2.75) is 38.3 Å². The van der Waals surface area contributed by atoms with E-state index in [2.05, 4.69) is 5.32 Å². The molecule has 1 aliphatic heterocycles. The minimum absolute atomic E-state index is 0.0170. The average Bonchev–Trinajstić information content (AvgIpc) is 2.92. The van der Waals surface area contributed by atoms with Gasteiger partial charge < -0.3 is 15.3 Å². The second-order valence-corrected chi connectivity index (χ2v) is 5.40. The van der Waals surface area contributed by atoms with Crippen molar-refractivity contribution in [3.8, 4) is 0 Å². The second kappa shape index (κ2) is 7.35. The molecule has 1 aromatic rings. The molecule has 0 spiro atoms. The summed E-state index contributed by atoms with van der Waals surface area (Å²) in [6, 6.07) is 5.38. The molecular formula is C16H21FN2O3. The minimum Gasteiger partial charge on any atom is -0.386 e. The van der Waals surface area contributed by atoms with Gasteiger partial charge in [0.25, 0.3) is 0 Å². The molecule has 22 heavy (non-hydrogen) atoms. The SMILES string of the molecule is CC[C@@H](C(=O)NC[C@@H](O)c1ccccc1F)N1CCCC1=O. The van der Waals surface area contributed by atoms with Crippen molar-refractivity contribution in [3.05, 3.63) is 35.6 Å². The lowest BCUT2D eigenvalue weighted by molar-refractivity contribution is -0.137. The summed E-state index contributed by atoms with van der Waals surface area (Å²) < 4.78 is 13.6. The predicted molar refractivity (Wildman–Crippen MR) is 79.4 cm³/mol. The van der Waals surface area contributed by atoms with E-state index in [9.17, 15) is 19.1 Å². The van der Waals surface area contributed by atoms with Gasteiger partial charge in [-0.1, -0.05) is 25.1 Å². The summed E-state index contributed by atoms with van der Waals surface area (Å²) in [6.45, 7) is 2.34. The van der Waals surface area contributed by atoms with Gasteiger partial charge >= 0.3 is 0 Å². The number of nitrogens with zero attached hydrogens (tertiary/aromatic N) is 1. The Morgan fingerprint density at radius 3 is 2.77 bits per heavy atom. The Morgan fingerprint density at radius 2 is 2.18 bits per heavy atom. The number of carbonyl (C=O) groups is 2. The van der Waals surface area contributed by atoms with E-state index in [0.29, 0.717) is 19.4 Å². The molecule has 0 radical (unpaired) electrons. The van der Waals surface area contributed by atoms with Gasteiger partial charge in [0.1, 0.15) is 11.9 Å². The summed E-state index contributed by atoms with van der Waals surface area (Å²) in [5.41, 5.74) is 0.146. The molecule has 1 heterocycles. The average molecular weight is 308 g/mol. The number of likely N-dealkylation sites (tertiary alicyclic amines) is 1. The summed E-state index contributed by atoms with van der Waals surface area (Å²) in [6.07, 6.45) is 0.632. The Morgan fingerprint density at radius 1 is 1.45 bits per heavy atom. The predicted octanol–water partition coefficient (Wildman–Crippen LogP) is 1.38. The van der Waals surface area contributed by atoms with Gasteiger partial charge in [-0.05, 0) is 18.9 Å². The molecule has 1 aliphatic rings. The molecule has 5 nitrogen and oxygen atoms in total. The fourth-order valence-electron chi connectivity index (χ4n) is 2.72. The van der Waals surface area contributed by atoms with Crippen molar-refractivity contribution >= 4 is 11.8 Å². The van der Waals surface area contributed by atoms with Crippen LogP contribution in [0.3, 0.4) is 0 Å². The fourth-order valence-corrected chi connectivity index (χ4v) is 2.72. The van der Waals surface area contributed by atoms with E-state index in [1.165, 1.54) is 18.2 Å². The zero-order valence-corrected chi connectivity index (χ0v) is 12.6. The molecule has 120 valence electrons. The van der Waals surface area contributed by atoms with Crippen molar-refractivity contribution in [2.24, 2.45) is 0 Å². The fraction of sp³-hybridized carbons (Fsp3) is 0.500. The Bertz CT molecular complexity index is 550. The standard InChI is InChI=1S/C16H21FN2O3/c1-2-13(19-9-5-8-15(19)21)16(22)18-10-14(20)11-6-3-4-7-12(11)17/h3-4,6-7,13-14,20H,2,5,8-10H2,1H3,(H,18,22)/t13-,14+/m0/s1. The zero-order valence-electron chi connectivity index (χ0n) is 12.6. The van der Waals surface area contributed by atoms with E-state index in [-0.39, 0.29) is 23.9 Å². The molecule has 1 aromatic carbocycles. The van der Waals surface area contributed by atoms with Crippen molar-refractivity contribution in [1.82, 2.24) is 10.2 Å². The van der Waals surface area contributed by atoms with E-state index < -0.39 is 18.0 Å². The molecule has 6 heteroatoms. The molecular weight excluding hydrogens is 287 g/mol. The van der Waals surface area contributed by atoms with E-state index in [4.69, 9.17) is 0 Å². The van der Waals surface area contributed by atoms with Gasteiger partial charge in [-0.2, -0.15) is 0 Å². The monoisotopic (exact) mass is 308 g/mol. The van der Waals surface area contributed by atoms with Crippen LogP contribution in [0.1, 0.15) is 37.9 Å². The number of nitrogens with one attached hydrogen (secondary N) is 1. The van der Waals surface area contributed by atoms with Gasteiger partial charge in [-0.3, -0.25) is 9.59 Å². The summed E-state index contributed by atoms with van der Waals surface area (Å²) in [5.74, 6) is -0.837. The van der Waals surface area contributed by atoms with Crippen LogP contribution in [0.25, 0.3) is 0 Å². The topological polar surface area (TPSA) is 69.6 Å². The van der Waals surface area contributed by atoms with Crippen LogP contribution in [0.2, 0.25) is 0 Å². The van der Waals surface area contributed by atoms with Crippen LogP contribution >= 0.6 is 0 Å². The maximum atomic E-state index is 13.6. The van der Waals surface area contributed by atoms with Crippen LogP contribution in [0.5, 0.6) is 0 Å². The number of aliphatic hydroxyl groups excluding tert-OH is 1. The molecule has 1 saturated heterocycles. The Balaban J connectivity index is 1.94. The largest absolute Gasteiger partial charge is 0.386 e. The number of carbonyl (C=O) groups excluding carboxylic acids is 2. The highest BCUT2D eigenvalue weighted by Gasteiger charge is 2.31. The molecule has 0 bridgehead atoms. The maximum absolute atomic E-state index is 13.6. The van der Waals surface area contributed by atoms with Gasteiger partial charge in [0, 0.05) is 25.1 Å². The molecule has 0 saturated carbocycles. The van der Waals surface area contributed by atoms with Crippen LogP contribution < -0.4 is 5.32 Å². The molecule has 1 fully saturated rings. The minimum atomic E-state index is -1.11. The summed E-state index contributed by atoms with van der Waals surface area (Å²) in [4.78, 5) is 25.5. The third-order valence-corrected chi connectivity index (χ3v) is 3.91. The van der Waals surface area contributed by atoms with Crippen LogP contribution in [0.4, 0.5) is 4.39 Å². The van der Waals surface area contributed by atoms with Crippen molar-refractivity contribution in [2.75, 3.05) is 13.1 Å². The Labute approximate surface area is 129 Å². The first-order valence-electron chi connectivity index (χ1n) is 7.54. The summed E-state index contributed by atoms with van der Waals surface area (Å²) in [5, 5.41) is 12.6. The van der Waals surface area contributed by atoms with Gasteiger partial charge in [-0.15, -0.1) is 0 Å². The van der Waals surface area contributed by atoms with Crippen molar-refractivity contribution in [1.29, 1.82) is 0 Å². The van der Waals surface area contributed by atoms with E-state index in [1.54, 1.807) is 11.0 Å². The van der Waals surface area contributed by atoms with Crippen molar-refractivity contribution in [3.63, 3.8) is 0 Å². The summed E-state index contributed by atoms with van der Waals surface area (Å²) >= 11 is 0. The number of hydrogen-bond acceptors (Lipinski definition) is 3. The van der Waals surface area contributed by atoms with Gasteiger partial charge in [-0.25, -0.2) is 4.39 Å². The number of aliphatic hydroxyl groups is 1. The first-order valence-corrected chi connectivity index (χ1v) is 7.54. The lowest BCUT2D eigenvalue weighted by Crippen LogP contribution is -2.48. The van der Waals surface area contributed by atoms with Crippen molar-refractivity contribution < 1.29 is 19.1 Å². The lowest BCUT2D eigenvalue weighted by atomic mass is 10.1. The van der Waals surface area contributed by atoms with Gasteiger partial charge in [0.15, 0.2) is 0 Å². The number of halogens is 1. The smallest absolute Gasteiger partial charge is 0.242 e. The molecule has 0 unspecified atom stereocenters. The Kier molecular flexibility index (Phi) is 5.49. The molecule has 2 atom stereocenters. The third-order valence-electron chi connectivity index (χ3n) is 3.91. The van der Waals surface area contributed by atoms with E-state index in [0.717, 1.165) is 6.42 Å². The van der Waals surface area contributed by atoms with E-state index in [1.807, 2.05) is 6.92 Å². The highest BCUT2D eigenvalue weighted by atomic mass is 19.1. The lowest BCUT2D eigenvalue weighted by Gasteiger charge is -2.26. The molecule has 2 amide bonds. The molecule has 0 aromatic heterocycles. The molecule has 2 N–H and O–H groups in total. The second-order valence-electron chi connectivity index (χ2n) is 5.40. The van der Waals surface area contributed by atoms with E-state index >= 15 is 0 Å². The highest BCUT2D eigenvalue weighted by Crippen LogP contribution is 2.18. The molecule has 0 aliphatic carbocycles. The number of hydrogen-bond donors (Lipinski definition) is 2. The van der Waals surface area contributed by atoms with Crippen LogP contribution in [-0.4, -0.2) is 41.0 Å². The molecule has 2 rings (SSSR count).